The van der Waals surface area contributed by atoms with Gasteiger partial charge in [0, 0.05) is 30.5 Å². The lowest BCUT2D eigenvalue weighted by molar-refractivity contribution is -0.804. The van der Waals surface area contributed by atoms with Crippen molar-refractivity contribution in [2.24, 2.45) is 5.92 Å². The molecule has 1 saturated carbocycles. The lowest BCUT2D eigenvalue weighted by Gasteiger charge is -2.34. The van der Waals surface area contributed by atoms with E-state index in [9.17, 15) is 19.2 Å². The summed E-state index contributed by atoms with van der Waals surface area (Å²) in [7, 11) is 1.35. The van der Waals surface area contributed by atoms with E-state index in [0.717, 1.165) is 5.39 Å². The van der Waals surface area contributed by atoms with Crippen LogP contribution in [0.15, 0.2) is 54.7 Å². The van der Waals surface area contributed by atoms with Gasteiger partial charge in [-0.25, -0.2) is 9.59 Å². The molecular formula is C31H33ClFN4O5+. The molecule has 42 heavy (non-hydrogen) atoms. The van der Waals surface area contributed by atoms with Crippen LogP contribution in [0.4, 0.5) is 14.9 Å². The number of imide groups is 1. The first kappa shape index (κ1) is 29.6. The monoisotopic (exact) mass is 595 g/mol. The molecule has 0 radical (unpaired) electrons. The minimum Gasteiger partial charge on any atom is -0.469 e. The fraction of sp³-hybridized carbons (Fsp3) is 0.387. The van der Waals surface area contributed by atoms with E-state index < -0.39 is 28.6 Å². The Balaban J connectivity index is 1.26. The summed E-state index contributed by atoms with van der Waals surface area (Å²) in [5.74, 6) is -1.48. The molecular weight excluding hydrogens is 563 g/mol. The number of urea groups is 1. The third-order valence-electron chi connectivity index (χ3n) is 8.35. The Labute approximate surface area is 248 Å². The molecule has 2 unspecified atom stereocenters. The van der Waals surface area contributed by atoms with Gasteiger partial charge >= 0.3 is 17.9 Å². The summed E-state index contributed by atoms with van der Waals surface area (Å²) in [5, 5.41) is 7.43. The van der Waals surface area contributed by atoms with Crippen molar-refractivity contribution < 1.29 is 32.8 Å². The molecule has 3 aromatic rings. The minimum atomic E-state index is -1.65. The zero-order chi connectivity index (χ0) is 29.9. The number of rotatable bonds is 6. The zero-order valence-corrected chi connectivity index (χ0v) is 24.0. The van der Waals surface area contributed by atoms with Crippen molar-refractivity contribution >= 4 is 51.9 Å². The molecule has 0 bridgehead atoms. The number of quaternary nitrogens is 1. The maximum Gasteiger partial charge on any atom is 0.426 e. The van der Waals surface area contributed by atoms with Gasteiger partial charge in [0.1, 0.15) is 5.69 Å². The van der Waals surface area contributed by atoms with Crippen molar-refractivity contribution in [1.82, 2.24) is 10.3 Å². The number of benzene rings is 2. The van der Waals surface area contributed by atoms with Crippen molar-refractivity contribution in [2.45, 2.75) is 57.3 Å². The number of carbonyl (C=O) groups excluding carboxylic acids is 4. The first-order chi connectivity index (χ1) is 20.2. The second kappa shape index (κ2) is 12.5. The maximum absolute atomic E-state index is 15.3. The van der Waals surface area contributed by atoms with Crippen LogP contribution in [0.2, 0.25) is 5.02 Å². The van der Waals surface area contributed by atoms with Gasteiger partial charge < -0.3 is 15.4 Å². The number of amides is 4. The van der Waals surface area contributed by atoms with Crippen molar-refractivity contribution in [3.8, 4) is 0 Å². The number of nitrogens with one attached hydrogen (secondary N) is 2. The number of ether oxygens (including phenoxy) is 1. The summed E-state index contributed by atoms with van der Waals surface area (Å²) in [6.45, 7) is 0.0727. The standard InChI is InChI=1S/C31H32ClFN4O5/c1-42-30(40)21-9-11-22(12-10-21)35-31(41)37(16-4-7-26(37)33)27(38)18-19-8-13-25(24(32)17-19)36-29(39)28-23-6-3-2-5-20(23)14-15-34-28/h2-3,5-6,8,13-15,17,21-22,26H,4,7,9-12,16,18H2,1H3,(H-,35,36,39,41)/p+1. The fourth-order valence-corrected chi connectivity index (χ4v) is 6.24. The molecule has 2 aromatic carbocycles. The molecule has 1 saturated heterocycles. The number of methoxy groups -OCH3 is 1. The van der Waals surface area contributed by atoms with E-state index in [2.05, 4.69) is 15.6 Å². The van der Waals surface area contributed by atoms with Gasteiger partial charge in [-0.2, -0.15) is 4.39 Å². The highest BCUT2D eigenvalue weighted by atomic mass is 35.5. The van der Waals surface area contributed by atoms with Crippen LogP contribution in [0, 0.1) is 5.92 Å². The Hall–Kier alpha value is -3.89. The van der Waals surface area contributed by atoms with Gasteiger partial charge in [0.25, 0.3) is 5.91 Å². The van der Waals surface area contributed by atoms with Gasteiger partial charge in [-0.05, 0) is 54.8 Å². The molecule has 2 N–H and O–H groups in total. The number of anilines is 1. The number of alkyl halides is 1. The van der Waals surface area contributed by atoms with Crippen molar-refractivity contribution in [1.29, 1.82) is 0 Å². The third-order valence-corrected chi connectivity index (χ3v) is 8.67. The second-order valence-electron chi connectivity index (χ2n) is 10.9. The van der Waals surface area contributed by atoms with Gasteiger partial charge in [0.2, 0.25) is 6.30 Å². The van der Waals surface area contributed by atoms with Crippen LogP contribution < -0.4 is 10.6 Å². The summed E-state index contributed by atoms with van der Waals surface area (Å²) in [6.07, 6.45) is 2.44. The minimum absolute atomic E-state index is 0.0727. The van der Waals surface area contributed by atoms with Crippen LogP contribution in [-0.4, -0.2) is 59.3 Å². The van der Waals surface area contributed by atoms with Gasteiger partial charge in [0.05, 0.1) is 36.7 Å². The Morgan fingerprint density at radius 2 is 1.81 bits per heavy atom. The van der Waals surface area contributed by atoms with E-state index in [1.165, 1.54) is 13.2 Å². The second-order valence-corrected chi connectivity index (χ2v) is 11.3. The SMILES string of the molecule is COC(=O)C1CCC(NC(=O)[N+]2(C(=O)Cc3ccc(NC(=O)c4nccc5ccccc45)c(Cl)c3)CCCC2F)CC1. The van der Waals surface area contributed by atoms with E-state index in [1.54, 1.807) is 18.3 Å². The molecule has 0 spiro atoms. The molecule has 2 aliphatic rings. The van der Waals surface area contributed by atoms with Crippen LogP contribution >= 0.6 is 11.6 Å². The molecule has 220 valence electrons. The molecule has 5 rings (SSSR count). The van der Waals surface area contributed by atoms with Gasteiger partial charge in [-0.1, -0.05) is 41.9 Å². The van der Waals surface area contributed by atoms with Crippen LogP contribution in [0.3, 0.4) is 0 Å². The number of likely N-dealkylation sites (tertiary alicyclic amines) is 1. The highest BCUT2D eigenvalue weighted by Gasteiger charge is 2.55. The quantitative estimate of drug-likeness (QED) is 0.219. The van der Waals surface area contributed by atoms with Gasteiger partial charge in [-0.15, -0.1) is 4.48 Å². The van der Waals surface area contributed by atoms with Crippen LogP contribution in [0.5, 0.6) is 0 Å². The van der Waals surface area contributed by atoms with E-state index in [-0.39, 0.29) is 48.0 Å². The molecule has 2 heterocycles. The smallest absolute Gasteiger partial charge is 0.426 e. The molecule has 1 aliphatic carbocycles. The summed E-state index contributed by atoms with van der Waals surface area (Å²) < 4.78 is 19.2. The largest absolute Gasteiger partial charge is 0.469 e. The van der Waals surface area contributed by atoms with Gasteiger partial charge in [0.15, 0.2) is 0 Å². The molecule has 4 amide bonds. The molecule has 1 aromatic heterocycles. The number of halogens is 2. The predicted octanol–water partition coefficient (Wildman–Crippen LogP) is 5.56. The summed E-state index contributed by atoms with van der Waals surface area (Å²) >= 11 is 6.48. The molecule has 1 aliphatic heterocycles. The van der Waals surface area contributed by atoms with Crippen molar-refractivity contribution in [2.75, 3.05) is 19.0 Å². The Morgan fingerprint density at radius 3 is 2.50 bits per heavy atom. The lowest BCUT2D eigenvalue weighted by atomic mass is 9.86. The van der Waals surface area contributed by atoms with Crippen molar-refractivity contribution in [3.63, 3.8) is 0 Å². The first-order valence-corrected chi connectivity index (χ1v) is 14.5. The predicted molar refractivity (Wildman–Crippen MR) is 155 cm³/mol. The van der Waals surface area contributed by atoms with E-state index >= 15 is 4.39 Å². The molecule has 9 nitrogen and oxygen atoms in total. The Bertz CT molecular complexity index is 1520. The number of hydrogen-bond acceptors (Lipinski definition) is 6. The first-order valence-electron chi connectivity index (χ1n) is 14.1. The van der Waals surface area contributed by atoms with E-state index in [0.29, 0.717) is 48.7 Å². The average Bonchev–Trinajstić information content (AvgIpc) is 3.40. The number of pyridine rings is 1. The number of fused-ring (bicyclic) bond motifs is 1. The Morgan fingerprint density at radius 1 is 1.05 bits per heavy atom. The van der Waals surface area contributed by atoms with Crippen LogP contribution in [0.25, 0.3) is 10.8 Å². The summed E-state index contributed by atoms with van der Waals surface area (Å²) in [4.78, 5) is 56.1. The maximum atomic E-state index is 15.3. The molecule has 11 heteroatoms. The van der Waals surface area contributed by atoms with Crippen LogP contribution in [0.1, 0.15) is 54.6 Å². The number of carbonyl (C=O) groups is 4. The number of nitrogens with zero attached hydrogens (tertiary/aromatic N) is 2. The van der Waals surface area contributed by atoms with E-state index in [4.69, 9.17) is 16.3 Å². The third kappa shape index (κ3) is 5.87. The number of hydrogen-bond donors (Lipinski definition) is 2. The van der Waals surface area contributed by atoms with E-state index in [1.807, 2.05) is 30.3 Å². The average molecular weight is 596 g/mol. The van der Waals surface area contributed by atoms with Gasteiger partial charge in [-0.3, -0.25) is 14.6 Å². The number of aromatic nitrogens is 1. The molecule has 2 atom stereocenters. The summed E-state index contributed by atoms with van der Waals surface area (Å²) in [5.41, 5.74) is 1.08. The molecule has 2 fully saturated rings. The highest BCUT2D eigenvalue weighted by molar-refractivity contribution is 6.34. The lowest BCUT2D eigenvalue weighted by Crippen LogP contribution is -2.64. The fourth-order valence-electron chi connectivity index (χ4n) is 5.99. The normalized spacial score (nSPS) is 23.7. The van der Waals surface area contributed by atoms with Crippen molar-refractivity contribution in [3.05, 3.63) is 71.0 Å². The summed E-state index contributed by atoms with van der Waals surface area (Å²) in [6, 6.07) is 13.1. The van der Waals surface area contributed by atoms with Crippen LogP contribution in [-0.2, 0) is 20.7 Å². The Kier molecular flexibility index (Phi) is 8.84. The topological polar surface area (TPSA) is 114 Å². The number of esters is 1. The highest BCUT2D eigenvalue weighted by Crippen LogP contribution is 2.33. The zero-order valence-electron chi connectivity index (χ0n) is 23.3.